The molecule has 0 unspecified atom stereocenters. The monoisotopic (exact) mass is 641 g/mol. The summed E-state index contributed by atoms with van der Waals surface area (Å²) in [5.74, 6) is -1.08. The molecule has 2 N–H and O–H groups in total. The molecule has 1 atom stereocenters. The number of phenols is 1. The summed E-state index contributed by atoms with van der Waals surface area (Å²) in [7, 11) is 0. The van der Waals surface area contributed by atoms with E-state index >= 15 is 0 Å². The van der Waals surface area contributed by atoms with E-state index in [-0.39, 0.29) is 46.6 Å². The zero-order valence-electron chi connectivity index (χ0n) is 25.4. The average molecular weight is 642 g/mol. The van der Waals surface area contributed by atoms with Crippen LogP contribution in [0.4, 0.5) is 0 Å². The maximum atomic E-state index is 14.0. The van der Waals surface area contributed by atoms with E-state index in [0.717, 1.165) is 49.4 Å². The minimum Gasteiger partial charge on any atom is -0.504 e. The van der Waals surface area contributed by atoms with E-state index in [0.29, 0.717) is 31.1 Å². The molecule has 6 rings (SSSR count). The second-order valence-electron chi connectivity index (χ2n) is 12.1. The molecule has 238 valence electrons. The number of rotatable bonds is 8. The fraction of sp³-hybridized carbons (Fsp3) is 0.333. The first-order valence-electron chi connectivity index (χ1n) is 15.7. The zero-order valence-corrected chi connectivity index (χ0v) is 26.2. The Balaban J connectivity index is 1.18. The Hall–Kier alpha value is -4.63. The van der Waals surface area contributed by atoms with Crippen LogP contribution in [0, 0.1) is 0 Å². The first-order chi connectivity index (χ1) is 22.3. The third-order valence-corrected chi connectivity index (χ3v) is 9.25. The highest BCUT2D eigenvalue weighted by Gasteiger charge is 2.32. The van der Waals surface area contributed by atoms with Gasteiger partial charge in [-0.25, -0.2) is 0 Å². The van der Waals surface area contributed by atoms with Gasteiger partial charge < -0.3 is 24.6 Å². The van der Waals surface area contributed by atoms with Gasteiger partial charge in [0.05, 0.1) is 5.39 Å². The summed E-state index contributed by atoms with van der Waals surface area (Å²) in [5.41, 5.74) is 2.60. The molecule has 2 aliphatic rings. The van der Waals surface area contributed by atoms with Crippen LogP contribution in [0.25, 0.3) is 11.0 Å². The van der Waals surface area contributed by atoms with Crippen molar-refractivity contribution in [2.45, 2.75) is 57.0 Å². The van der Waals surface area contributed by atoms with E-state index in [9.17, 15) is 24.3 Å². The fourth-order valence-corrected chi connectivity index (χ4v) is 6.63. The number of nitrogens with zero attached hydrogens (tertiary/aromatic N) is 2. The minimum atomic E-state index is -0.937. The number of para-hydroxylation sites is 1. The van der Waals surface area contributed by atoms with E-state index in [2.05, 4.69) is 17.4 Å². The van der Waals surface area contributed by atoms with E-state index in [1.807, 2.05) is 17.0 Å². The topological polar surface area (TPSA) is 120 Å². The molecule has 2 fully saturated rings. The van der Waals surface area contributed by atoms with Crippen LogP contribution in [0.3, 0.4) is 0 Å². The molecule has 3 amide bonds. The number of halogens is 1. The Morgan fingerprint density at radius 1 is 0.957 bits per heavy atom. The smallest absolute Gasteiger partial charge is 0.287 e. The van der Waals surface area contributed by atoms with Gasteiger partial charge in [0.1, 0.15) is 6.04 Å². The van der Waals surface area contributed by atoms with Crippen LogP contribution in [0.5, 0.6) is 5.75 Å². The van der Waals surface area contributed by atoms with Crippen molar-refractivity contribution in [3.05, 3.63) is 110 Å². The Morgan fingerprint density at radius 3 is 2.48 bits per heavy atom. The van der Waals surface area contributed by atoms with Crippen molar-refractivity contribution in [2.24, 2.45) is 0 Å². The number of phenolic OH excluding ortho intramolecular Hbond substituents is 1. The highest BCUT2D eigenvalue weighted by molar-refractivity contribution is 6.30. The maximum Gasteiger partial charge on any atom is 0.287 e. The number of hydrogen-bond donors (Lipinski definition) is 2. The summed E-state index contributed by atoms with van der Waals surface area (Å²) >= 11 is 6.08. The van der Waals surface area contributed by atoms with Crippen LogP contribution in [-0.2, 0) is 22.6 Å². The summed E-state index contributed by atoms with van der Waals surface area (Å²) in [5, 5.41) is 13.7. The van der Waals surface area contributed by atoms with Crippen LogP contribution in [0.2, 0.25) is 5.02 Å². The van der Waals surface area contributed by atoms with Crippen molar-refractivity contribution in [3.8, 4) is 5.75 Å². The predicted octanol–water partition coefficient (Wildman–Crippen LogP) is 5.41. The third kappa shape index (κ3) is 6.94. The molecular weight excluding hydrogens is 606 g/mol. The van der Waals surface area contributed by atoms with Crippen LogP contribution in [0.15, 0.2) is 82.0 Å². The number of nitrogens with one attached hydrogen (secondary N) is 1. The van der Waals surface area contributed by atoms with Crippen molar-refractivity contribution >= 4 is 40.3 Å². The second-order valence-corrected chi connectivity index (χ2v) is 12.5. The molecule has 1 aromatic heterocycles. The highest BCUT2D eigenvalue weighted by atomic mass is 35.5. The number of carbonyl (C=O) groups excluding carboxylic acids is 3. The normalized spacial score (nSPS) is 16.4. The Labute approximate surface area is 271 Å². The Morgan fingerprint density at radius 2 is 1.72 bits per heavy atom. The lowest BCUT2D eigenvalue weighted by molar-refractivity contribution is -0.135. The summed E-state index contributed by atoms with van der Waals surface area (Å²) in [4.78, 5) is 56.3. The first kappa shape index (κ1) is 31.4. The van der Waals surface area contributed by atoms with Gasteiger partial charge in [-0.05, 0) is 72.6 Å². The van der Waals surface area contributed by atoms with Crippen molar-refractivity contribution in [3.63, 3.8) is 0 Å². The lowest BCUT2D eigenvalue weighted by atomic mass is 9.86. The standard InChI is InChI=1S/C36H36ClN3O6/c37-26-13-11-23(12-14-26)20-29(38-35(44)32-21-31(42)28-8-5-9-30(41)34(28)46-32)36(45)39-18-15-24(16-19-39)27-7-2-1-6-25(27)22-40-17-4-3-10-33(40)43/h1-2,5-9,11-14,21,24,29,41H,3-4,10,15-20,22H2,(H,38,44)/t29-/m1/s1. The molecule has 0 bridgehead atoms. The molecule has 2 saturated heterocycles. The SMILES string of the molecule is O=C(N[C@H](Cc1ccc(Cl)cc1)C(=O)N1CCC(c2ccccc2CN2CCCCC2=O)CC1)c1cc(=O)c2cccc(O)c2o1. The van der Waals surface area contributed by atoms with Gasteiger partial charge in [-0.2, -0.15) is 0 Å². The second kappa shape index (κ2) is 13.8. The number of carbonyl (C=O) groups is 3. The van der Waals surface area contributed by atoms with Crippen molar-refractivity contribution in [2.75, 3.05) is 19.6 Å². The van der Waals surface area contributed by atoms with Crippen molar-refractivity contribution in [1.29, 1.82) is 0 Å². The predicted molar refractivity (Wildman–Crippen MR) is 175 cm³/mol. The van der Waals surface area contributed by atoms with Gasteiger partial charge in [0.15, 0.2) is 22.5 Å². The largest absolute Gasteiger partial charge is 0.504 e. The van der Waals surface area contributed by atoms with E-state index in [1.54, 1.807) is 29.2 Å². The first-order valence-corrected chi connectivity index (χ1v) is 16.1. The molecule has 46 heavy (non-hydrogen) atoms. The van der Waals surface area contributed by atoms with E-state index < -0.39 is 17.4 Å². The number of hydrogen-bond acceptors (Lipinski definition) is 6. The summed E-state index contributed by atoms with van der Waals surface area (Å²) in [6.07, 6.45) is 4.28. The molecule has 9 nitrogen and oxygen atoms in total. The molecule has 0 saturated carbocycles. The van der Waals surface area contributed by atoms with Gasteiger partial charge in [-0.3, -0.25) is 19.2 Å². The minimum absolute atomic E-state index is 0.0901. The lowest BCUT2D eigenvalue weighted by Crippen LogP contribution is -2.51. The number of amides is 3. The van der Waals surface area contributed by atoms with Gasteiger partial charge in [-0.1, -0.05) is 54.1 Å². The van der Waals surface area contributed by atoms with Gasteiger partial charge in [0, 0.05) is 50.1 Å². The fourth-order valence-electron chi connectivity index (χ4n) is 6.50. The molecule has 0 radical (unpaired) electrons. The molecule has 0 aliphatic carbocycles. The molecule has 0 spiro atoms. The molecule has 2 aliphatic heterocycles. The molecule has 3 heterocycles. The van der Waals surface area contributed by atoms with Crippen LogP contribution in [0.1, 0.15) is 65.3 Å². The van der Waals surface area contributed by atoms with Crippen LogP contribution in [-0.4, -0.2) is 58.3 Å². The molecule has 3 aromatic carbocycles. The van der Waals surface area contributed by atoms with Gasteiger partial charge in [0.25, 0.3) is 5.91 Å². The van der Waals surface area contributed by atoms with Crippen molar-refractivity contribution < 1.29 is 23.9 Å². The summed E-state index contributed by atoms with van der Waals surface area (Å²) < 4.78 is 5.63. The maximum absolute atomic E-state index is 14.0. The van der Waals surface area contributed by atoms with E-state index in [1.165, 1.54) is 23.8 Å². The number of fused-ring (bicyclic) bond motifs is 1. The third-order valence-electron chi connectivity index (χ3n) is 9.00. The Bertz CT molecular complexity index is 1810. The summed E-state index contributed by atoms with van der Waals surface area (Å²) in [6.45, 7) is 2.40. The number of aromatic hydroxyl groups is 1. The van der Waals surface area contributed by atoms with Crippen LogP contribution >= 0.6 is 11.6 Å². The highest BCUT2D eigenvalue weighted by Crippen LogP contribution is 2.32. The number of benzene rings is 3. The molecule has 4 aromatic rings. The molecular formula is C36H36ClN3O6. The van der Waals surface area contributed by atoms with E-state index in [4.69, 9.17) is 16.0 Å². The van der Waals surface area contributed by atoms with Gasteiger partial charge in [-0.15, -0.1) is 0 Å². The van der Waals surface area contributed by atoms with Crippen molar-refractivity contribution in [1.82, 2.24) is 15.1 Å². The van der Waals surface area contributed by atoms with Gasteiger partial charge >= 0.3 is 0 Å². The average Bonchev–Trinajstić information content (AvgIpc) is 3.07. The van der Waals surface area contributed by atoms with Gasteiger partial charge in [0.2, 0.25) is 11.8 Å². The number of piperidine rings is 2. The lowest BCUT2D eigenvalue weighted by Gasteiger charge is -2.36. The quantitative estimate of drug-likeness (QED) is 0.265. The number of likely N-dealkylation sites (tertiary alicyclic amines) is 2. The van der Waals surface area contributed by atoms with Crippen LogP contribution < -0.4 is 10.7 Å². The summed E-state index contributed by atoms with van der Waals surface area (Å²) in [6, 6.07) is 19.9. The molecule has 10 heteroatoms. The Kier molecular flexibility index (Phi) is 9.40. The zero-order chi connectivity index (χ0) is 32.2.